The van der Waals surface area contributed by atoms with Crippen LogP contribution in [0.5, 0.6) is 11.5 Å². The smallest absolute Gasteiger partial charge is 0.286 e. The van der Waals surface area contributed by atoms with Gasteiger partial charge >= 0.3 is 0 Å². The molecule has 2 aromatic heterocycles. The SMILES string of the molecule is COc1cc(C(=O)NCc2sc(-c3ccco3)nc2C)c([N+](=O)[O-])cc1OC. The highest BCUT2D eigenvalue weighted by atomic mass is 32.1. The van der Waals surface area contributed by atoms with Crippen molar-refractivity contribution in [3.63, 3.8) is 0 Å². The number of aryl methyl sites for hydroxylation is 1. The fraction of sp³-hybridized carbons (Fsp3) is 0.222. The first kappa shape index (κ1) is 19.4. The predicted octanol–water partition coefficient (Wildman–Crippen LogP) is 3.57. The largest absolute Gasteiger partial charge is 0.493 e. The molecule has 0 aliphatic carbocycles. The number of hydrogen-bond acceptors (Lipinski definition) is 8. The number of nitrogens with one attached hydrogen (secondary N) is 1. The third-order valence-electron chi connectivity index (χ3n) is 3.98. The number of nitrogens with zero attached hydrogens (tertiary/aromatic N) is 2. The maximum Gasteiger partial charge on any atom is 0.286 e. The molecule has 0 aliphatic rings. The molecule has 0 radical (unpaired) electrons. The molecular weight excluding hydrogens is 386 g/mol. The van der Waals surface area contributed by atoms with Crippen LogP contribution in [-0.2, 0) is 6.54 Å². The van der Waals surface area contributed by atoms with E-state index >= 15 is 0 Å². The molecule has 0 spiro atoms. The van der Waals surface area contributed by atoms with Gasteiger partial charge in [-0.1, -0.05) is 0 Å². The van der Waals surface area contributed by atoms with E-state index in [1.54, 1.807) is 18.4 Å². The third kappa shape index (κ3) is 3.81. The molecule has 1 amide bonds. The van der Waals surface area contributed by atoms with Crippen molar-refractivity contribution in [1.29, 1.82) is 0 Å². The van der Waals surface area contributed by atoms with Crippen molar-refractivity contribution >= 4 is 22.9 Å². The normalized spacial score (nSPS) is 10.5. The Morgan fingerprint density at radius 3 is 2.64 bits per heavy atom. The van der Waals surface area contributed by atoms with E-state index in [0.29, 0.717) is 10.8 Å². The molecule has 9 nitrogen and oxygen atoms in total. The Labute approximate surface area is 164 Å². The molecule has 0 fully saturated rings. The predicted molar refractivity (Wildman–Crippen MR) is 102 cm³/mol. The molecule has 0 saturated carbocycles. The van der Waals surface area contributed by atoms with Gasteiger partial charge in [0, 0.05) is 10.9 Å². The molecule has 0 unspecified atom stereocenters. The number of nitro benzene ring substituents is 1. The molecule has 146 valence electrons. The maximum absolute atomic E-state index is 12.6. The quantitative estimate of drug-likeness (QED) is 0.473. The number of carbonyl (C=O) groups excluding carboxylic acids is 1. The number of thiazole rings is 1. The summed E-state index contributed by atoms with van der Waals surface area (Å²) >= 11 is 1.38. The van der Waals surface area contributed by atoms with Crippen LogP contribution in [0.15, 0.2) is 34.9 Å². The van der Waals surface area contributed by atoms with Crippen LogP contribution in [0.2, 0.25) is 0 Å². The number of furan rings is 1. The molecule has 1 N–H and O–H groups in total. The molecular formula is C18H17N3O6S. The zero-order valence-electron chi connectivity index (χ0n) is 15.3. The van der Waals surface area contributed by atoms with Gasteiger partial charge in [-0.15, -0.1) is 11.3 Å². The number of ether oxygens (including phenoxy) is 2. The number of rotatable bonds is 7. The van der Waals surface area contributed by atoms with Gasteiger partial charge in [-0.05, 0) is 19.1 Å². The first-order chi connectivity index (χ1) is 13.4. The van der Waals surface area contributed by atoms with Gasteiger partial charge in [0.05, 0.1) is 43.7 Å². The molecule has 1 aromatic carbocycles. The summed E-state index contributed by atoms with van der Waals surface area (Å²) in [7, 11) is 2.76. The van der Waals surface area contributed by atoms with Crippen molar-refractivity contribution < 1.29 is 23.6 Å². The van der Waals surface area contributed by atoms with E-state index in [2.05, 4.69) is 10.3 Å². The summed E-state index contributed by atoms with van der Waals surface area (Å²) in [6, 6.07) is 6.03. The molecule has 0 saturated heterocycles. The van der Waals surface area contributed by atoms with Crippen LogP contribution in [0.4, 0.5) is 5.69 Å². The Balaban J connectivity index is 1.83. The van der Waals surface area contributed by atoms with Gasteiger partial charge in [0.15, 0.2) is 22.3 Å². The van der Waals surface area contributed by atoms with E-state index in [1.165, 1.54) is 37.7 Å². The Kier molecular flexibility index (Phi) is 5.59. The van der Waals surface area contributed by atoms with E-state index in [9.17, 15) is 14.9 Å². The molecule has 28 heavy (non-hydrogen) atoms. The van der Waals surface area contributed by atoms with Gasteiger partial charge in [-0.25, -0.2) is 4.98 Å². The van der Waals surface area contributed by atoms with Crippen molar-refractivity contribution in [2.24, 2.45) is 0 Å². The molecule has 10 heteroatoms. The Morgan fingerprint density at radius 2 is 2.04 bits per heavy atom. The van der Waals surface area contributed by atoms with E-state index in [-0.39, 0.29) is 29.3 Å². The Hall–Kier alpha value is -3.40. The van der Waals surface area contributed by atoms with Crippen LogP contribution in [0.3, 0.4) is 0 Å². The fourth-order valence-corrected chi connectivity index (χ4v) is 3.53. The second-order valence-corrected chi connectivity index (χ2v) is 6.75. The van der Waals surface area contributed by atoms with Gasteiger partial charge in [0.2, 0.25) is 0 Å². The Morgan fingerprint density at radius 1 is 1.32 bits per heavy atom. The average Bonchev–Trinajstić information content (AvgIpc) is 3.34. The lowest BCUT2D eigenvalue weighted by molar-refractivity contribution is -0.385. The molecule has 0 bridgehead atoms. The first-order valence-corrected chi connectivity index (χ1v) is 8.95. The second-order valence-electron chi connectivity index (χ2n) is 5.67. The Bertz CT molecular complexity index is 1010. The molecule has 0 atom stereocenters. The van der Waals surface area contributed by atoms with Crippen LogP contribution >= 0.6 is 11.3 Å². The van der Waals surface area contributed by atoms with E-state index in [4.69, 9.17) is 13.9 Å². The van der Waals surface area contributed by atoms with Crippen molar-refractivity contribution in [3.8, 4) is 22.3 Å². The van der Waals surface area contributed by atoms with Crippen molar-refractivity contribution in [2.75, 3.05) is 14.2 Å². The van der Waals surface area contributed by atoms with Crippen molar-refractivity contribution in [2.45, 2.75) is 13.5 Å². The molecule has 3 aromatic rings. The minimum atomic E-state index is -0.635. The number of nitro groups is 1. The highest BCUT2D eigenvalue weighted by molar-refractivity contribution is 7.15. The van der Waals surface area contributed by atoms with Crippen LogP contribution in [0, 0.1) is 17.0 Å². The van der Waals surface area contributed by atoms with Crippen LogP contribution in [0.1, 0.15) is 20.9 Å². The van der Waals surface area contributed by atoms with Gasteiger partial charge in [0.25, 0.3) is 11.6 Å². The molecule has 2 heterocycles. The number of amides is 1. The number of methoxy groups -OCH3 is 2. The monoisotopic (exact) mass is 403 g/mol. The van der Waals surface area contributed by atoms with Crippen molar-refractivity contribution in [1.82, 2.24) is 10.3 Å². The number of aromatic nitrogens is 1. The second kappa shape index (κ2) is 8.09. The lowest BCUT2D eigenvalue weighted by Gasteiger charge is -2.10. The van der Waals surface area contributed by atoms with Gasteiger partial charge < -0.3 is 19.2 Å². The average molecular weight is 403 g/mol. The number of carbonyl (C=O) groups is 1. The summed E-state index contributed by atoms with van der Waals surface area (Å²) in [4.78, 5) is 28.6. The first-order valence-electron chi connectivity index (χ1n) is 8.13. The van der Waals surface area contributed by atoms with E-state index in [1.807, 2.05) is 6.92 Å². The summed E-state index contributed by atoms with van der Waals surface area (Å²) < 4.78 is 15.5. The van der Waals surface area contributed by atoms with Crippen LogP contribution < -0.4 is 14.8 Å². The summed E-state index contributed by atoms with van der Waals surface area (Å²) in [6.07, 6.45) is 1.56. The zero-order chi connectivity index (χ0) is 20.3. The minimum Gasteiger partial charge on any atom is -0.493 e. The number of hydrogen-bond donors (Lipinski definition) is 1. The van der Waals surface area contributed by atoms with Crippen molar-refractivity contribution in [3.05, 3.63) is 56.8 Å². The maximum atomic E-state index is 12.6. The topological polar surface area (TPSA) is 117 Å². The number of benzene rings is 1. The summed E-state index contributed by atoms with van der Waals surface area (Å²) in [5, 5.41) is 14.8. The van der Waals surface area contributed by atoms with E-state index in [0.717, 1.165) is 10.6 Å². The highest BCUT2D eigenvalue weighted by Crippen LogP contribution is 2.34. The molecule has 0 aliphatic heterocycles. The summed E-state index contributed by atoms with van der Waals surface area (Å²) in [5.41, 5.74) is 0.266. The van der Waals surface area contributed by atoms with Gasteiger partial charge in [-0.2, -0.15) is 0 Å². The van der Waals surface area contributed by atoms with Crippen LogP contribution in [0.25, 0.3) is 10.8 Å². The third-order valence-corrected chi connectivity index (χ3v) is 5.15. The van der Waals surface area contributed by atoms with Gasteiger partial charge in [-0.3, -0.25) is 14.9 Å². The lowest BCUT2D eigenvalue weighted by Crippen LogP contribution is -2.23. The highest BCUT2D eigenvalue weighted by Gasteiger charge is 2.25. The lowest BCUT2D eigenvalue weighted by atomic mass is 10.1. The van der Waals surface area contributed by atoms with Gasteiger partial charge in [0.1, 0.15) is 5.56 Å². The summed E-state index contributed by atoms with van der Waals surface area (Å²) in [5.74, 6) is 0.445. The molecule has 3 rings (SSSR count). The van der Waals surface area contributed by atoms with Crippen LogP contribution in [-0.4, -0.2) is 30.0 Å². The van der Waals surface area contributed by atoms with E-state index < -0.39 is 10.8 Å². The minimum absolute atomic E-state index is 0.115. The zero-order valence-corrected chi connectivity index (χ0v) is 16.2. The summed E-state index contributed by atoms with van der Waals surface area (Å²) in [6.45, 7) is 2.00. The standard InChI is InChI=1S/C18H17N3O6S/c1-10-16(28-18(20-10)13-5-4-6-27-13)9-19-17(22)11-7-14(25-2)15(26-3)8-12(11)21(23)24/h4-8H,9H2,1-3H3,(H,19,22). The fourth-order valence-electron chi connectivity index (χ4n) is 2.55.